The predicted octanol–water partition coefficient (Wildman–Crippen LogP) is 2.59. The summed E-state index contributed by atoms with van der Waals surface area (Å²) >= 11 is 0. The summed E-state index contributed by atoms with van der Waals surface area (Å²) in [5.74, 6) is 0.0547. The van der Waals surface area contributed by atoms with Gasteiger partial charge < -0.3 is 5.32 Å². The number of hydrogen-bond acceptors (Lipinski definition) is 2. The van der Waals surface area contributed by atoms with Crippen LogP contribution >= 0.6 is 0 Å². The second-order valence-corrected chi connectivity index (χ2v) is 6.77. The second-order valence-electron chi connectivity index (χ2n) is 6.77. The second kappa shape index (κ2) is 6.02. The van der Waals surface area contributed by atoms with Gasteiger partial charge in [-0.3, -0.25) is 9.69 Å². The Labute approximate surface area is 128 Å². The van der Waals surface area contributed by atoms with Gasteiger partial charge >= 0.3 is 0 Å². The molecule has 3 nitrogen and oxygen atoms in total. The maximum atomic E-state index is 11.8. The molecule has 1 aliphatic carbocycles. The number of carbonyl (C=O) groups is 1. The molecule has 1 fully saturated rings. The minimum atomic E-state index is 0.0547. The molecular formula is C18H26N2O. The van der Waals surface area contributed by atoms with Crippen LogP contribution in [0.1, 0.15) is 25.8 Å². The lowest BCUT2D eigenvalue weighted by Gasteiger charge is -2.27. The molecule has 0 aromatic heterocycles. The topological polar surface area (TPSA) is 32.3 Å². The molecule has 2 rings (SSSR count). The number of hydrogen-bond donors (Lipinski definition) is 1. The van der Waals surface area contributed by atoms with Crippen LogP contribution in [0.5, 0.6) is 0 Å². The summed E-state index contributed by atoms with van der Waals surface area (Å²) in [6.07, 6.45) is 2.87. The third kappa shape index (κ3) is 3.35. The lowest BCUT2D eigenvalue weighted by Crippen LogP contribution is -2.40. The van der Waals surface area contributed by atoms with E-state index < -0.39 is 0 Å². The van der Waals surface area contributed by atoms with Crippen molar-refractivity contribution < 1.29 is 4.79 Å². The molecule has 1 N–H and O–H groups in total. The summed E-state index contributed by atoms with van der Waals surface area (Å²) in [5, 5.41) is 2.83. The zero-order valence-corrected chi connectivity index (χ0v) is 13.4. The van der Waals surface area contributed by atoms with Gasteiger partial charge in [0.25, 0.3) is 0 Å². The van der Waals surface area contributed by atoms with E-state index in [-0.39, 0.29) is 11.3 Å². The first kappa shape index (κ1) is 15.8. The van der Waals surface area contributed by atoms with E-state index in [1.54, 1.807) is 6.08 Å². The number of rotatable bonds is 7. The van der Waals surface area contributed by atoms with E-state index in [9.17, 15) is 4.79 Å². The lowest BCUT2D eigenvalue weighted by molar-refractivity contribution is -0.121. The molecule has 1 aromatic carbocycles. The van der Waals surface area contributed by atoms with Crippen LogP contribution in [-0.4, -0.2) is 37.5 Å². The molecule has 1 aliphatic rings. The summed E-state index contributed by atoms with van der Waals surface area (Å²) in [4.78, 5) is 13.9. The molecule has 21 heavy (non-hydrogen) atoms. The summed E-state index contributed by atoms with van der Waals surface area (Å²) in [6, 6.07) is 10.7. The van der Waals surface area contributed by atoms with Crippen molar-refractivity contribution in [1.82, 2.24) is 10.2 Å². The van der Waals surface area contributed by atoms with Gasteiger partial charge in [0.1, 0.15) is 0 Å². The molecule has 1 aromatic rings. The van der Waals surface area contributed by atoms with Crippen molar-refractivity contribution in [3.63, 3.8) is 0 Å². The number of nitrogens with one attached hydrogen (secondary N) is 1. The molecule has 114 valence electrons. The highest BCUT2D eigenvalue weighted by Crippen LogP contribution is 2.64. The van der Waals surface area contributed by atoms with E-state index in [0.29, 0.717) is 18.5 Å². The monoisotopic (exact) mass is 286 g/mol. The number of benzene rings is 1. The quantitative estimate of drug-likeness (QED) is 0.781. The lowest BCUT2D eigenvalue weighted by atomic mass is 9.87. The van der Waals surface area contributed by atoms with Crippen LogP contribution in [0.4, 0.5) is 0 Å². The van der Waals surface area contributed by atoms with Gasteiger partial charge in [-0.05, 0) is 24.4 Å². The summed E-state index contributed by atoms with van der Waals surface area (Å²) in [7, 11) is 2.02. The van der Waals surface area contributed by atoms with E-state index in [0.717, 1.165) is 6.54 Å². The maximum Gasteiger partial charge on any atom is 0.234 e. The van der Waals surface area contributed by atoms with Gasteiger partial charge in [0.2, 0.25) is 5.91 Å². The number of nitrogens with zero attached hydrogens (tertiary/aromatic N) is 1. The highest BCUT2D eigenvalue weighted by atomic mass is 16.2. The summed E-state index contributed by atoms with van der Waals surface area (Å²) < 4.78 is 0. The first-order valence-corrected chi connectivity index (χ1v) is 7.53. The van der Waals surface area contributed by atoms with Gasteiger partial charge in [-0.25, -0.2) is 0 Å². The Balaban J connectivity index is 2.02. The Morgan fingerprint density at radius 1 is 1.38 bits per heavy atom. The van der Waals surface area contributed by atoms with Crippen molar-refractivity contribution in [2.45, 2.75) is 25.7 Å². The van der Waals surface area contributed by atoms with Crippen LogP contribution in [-0.2, 0) is 10.2 Å². The fourth-order valence-electron chi connectivity index (χ4n) is 3.33. The SMILES string of the molecule is C=CCNC(=O)CN(C)CC1(c2ccccc2)CC1(C)C. The van der Waals surface area contributed by atoms with Crippen LogP contribution in [0.25, 0.3) is 0 Å². The number of amides is 1. The molecule has 0 bridgehead atoms. The highest BCUT2D eigenvalue weighted by molar-refractivity contribution is 5.78. The Bertz CT molecular complexity index is 509. The van der Waals surface area contributed by atoms with E-state index in [4.69, 9.17) is 0 Å². The van der Waals surface area contributed by atoms with Crippen molar-refractivity contribution in [2.24, 2.45) is 5.41 Å². The van der Waals surface area contributed by atoms with E-state index in [1.807, 2.05) is 7.05 Å². The molecule has 0 radical (unpaired) electrons. The predicted molar refractivity (Wildman–Crippen MR) is 87.2 cm³/mol. The Kier molecular flexibility index (Phi) is 4.52. The summed E-state index contributed by atoms with van der Waals surface area (Å²) in [6.45, 7) is 10.1. The van der Waals surface area contributed by atoms with Crippen molar-refractivity contribution in [2.75, 3.05) is 26.7 Å². The molecule has 1 unspecified atom stereocenters. The first-order valence-electron chi connectivity index (χ1n) is 7.53. The number of carbonyl (C=O) groups excluding carboxylic acids is 1. The maximum absolute atomic E-state index is 11.8. The van der Waals surface area contributed by atoms with Gasteiger partial charge in [-0.1, -0.05) is 50.3 Å². The summed E-state index contributed by atoms with van der Waals surface area (Å²) in [5.41, 5.74) is 1.84. The van der Waals surface area contributed by atoms with Crippen LogP contribution < -0.4 is 5.32 Å². The molecule has 0 spiro atoms. The van der Waals surface area contributed by atoms with Gasteiger partial charge in [-0.15, -0.1) is 6.58 Å². The zero-order chi connectivity index (χ0) is 15.5. The van der Waals surface area contributed by atoms with Crippen LogP contribution in [0, 0.1) is 5.41 Å². The standard InChI is InChI=1S/C18H26N2O/c1-5-11-19-16(21)12-20(4)14-18(13-17(18,2)3)15-9-7-6-8-10-15/h5-10H,1,11-14H2,2-4H3,(H,19,21). The normalized spacial score (nSPS) is 22.9. The molecule has 3 heteroatoms. The zero-order valence-electron chi connectivity index (χ0n) is 13.4. The fourth-order valence-corrected chi connectivity index (χ4v) is 3.33. The fraction of sp³-hybridized carbons (Fsp3) is 0.500. The van der Waals surface area contributed by atoms with Crippen LogP contribution in [0.3, 0.4) is 0 Å². The highest BCUT2D eigenvalue weighted by Gasteiger charge is 2.61. The smallest absolute Gasteiger partial charge is 0.234 e. The van der Waals surface area contributed by atoms with E-state index >= 15 is 0 Å². The van der Waals surface area contributed by atoms with Gasteiger partial charge in [0, 0.05) is 18.5 Å². The van der Waals surface area contributed by atoms with E-state index in [1.165, 1.54) is 12.0 Å². The molecule has 1 amide bonds. The molecule has 1 atom stereocenters. The largest absolute Gasteiger partial charge is 0.352 e. The van der Waals surface area contributed by atoms with Gasteiger partial charge in [0.15, 0.2) is 0 Å². The third-order valence-electron chi connectivity index (χ3n) is 4.64. The average molecular weight is 286 g/mol. The molecule has 0 aliphatic heterocycles. The minimum absolute atomic E-state index is 0.0547. The van der Waals surface area contributed by atoms with Crippen molar-refractivity contribution in [1.29, 1.82) is 0 Å². The molecular weight excluding hydrogens is 260 g/mol. The molecule has 1 saturated carbocycles. The van der Waals surface area contributed by atoms with E-state index in [2.05, 4.69) is 61.0 Å². The Hall–Kier alpha value is -1.61. The molecule has 0 heterocycles. The molecule has 0 saturated heterocycles. The number of likely N-dealkylation sites (N-methyl/N-ethyl adjacent to an activating group) is 1. The Morgan fingerprint density at radius 2 is 2.00 bits per heavy atom. The average Bonchev–Trinajstić information content (AvgIpc) is 2.99. The third-order valence-corrected chi connectivity index (χ3v) is 4.64. The van der Waals surface area contributed by atoms with Crippen molar-refractivity contribution in [3.05, 3.63) is 48.6 Å². The van der Waals surface area contributed by atoms with Crippen LogP contribution in [0.15, 0.2) is 43.0 Å². The van der Waals surface area contributed by atoms with Crippen LogP contribution in [0.2, 0.25) is 0 Å². The van der Waals surface area contributed by atoms with Gasteiger partial charge in [0.05, 0.1) is 6.54 Å². The van der Waals surface area contributed by atoms with Crippen molar-refractivity contribution >= 4 is 5.91 Å². The van der Waals surface area contributed by atoms with Crippen molar-refractivity contribution in [3.8, 4) is 0 Å². The minimum Gasteiger partial charge on any atom is -0.352 e. The Morgan fingerprint density at radius 3 is 2.52 bits per heavy atom. The van der Waals surface area contributed by atoms with Gasteiger partial charge in [-0.2, -0.15) is 0 Å². The first-order chi connectivity index (χ1) is 9.91.